The van der Waals surface area contributed by atoms with Crippen molar-refractivity contribution in [2.75, 3.05) is 0 Å². The third kappa shape index (κ3) is 2.31. The number of rotatable bonds is 3. The molecule has 0 unspecified atom stereocenters. The summed E-state index contributed by atoms with van der Waals surface area (Å²) in [5.74, 6) is 1.20. The highest BCUT2D eigenvalue weighted by Crippen LogP contribution is 2.21. The van der Waals surface area contributed by atoms with E-state index in [9.17, 15) is 4.39 Å². The molecule has 0 saturated heterocycles. The molecule has 2 aromatic carbocycles. The number of nitrogens with zero attached hydrogens (tertiary/aromatic N) is 2. The summed E-state index contributed by atoms with van der Waals surface area (Å²) in [6.45, 7) is 2.51. The predicted octanol–water partition coefficient (Wildman–Crippen LogP) is 3.96. The van der Waals surface area contributed by atoms with Gasteiger partial charge in [-0.05, 0) is 30.7 Å². The van der Waals surface area contributed by atoms with Crippen molar-refractivity contribution in [1.29, 1.82) is 0 Å². The van der Waals surface area contributed by atoms with Crippen LogP contribution in [0, 0.1) is 12.7 Å². The highest BCUT2D eigenvalue weighted by atomic mass is 32.1. The molecular weight excluding hydrogens is 271 g/mol. The summed E-state index contributed by atoms with van der Waals surface area (Å²) in [6, 6.07) is 13.0. The van der Waals surface area contributed by atoms with Crippen molar-refractivity contribution in [2.24, 2.45) is 0 Å². The molecule has 3 rings (SSSR count). The second-order valence-electron chi connectivity index (χ2n) is 4.86. The highest BCUT2D eigenvalue weighted by molar-refractivity contribution is 7.79. The van der Waals surface area contributed by atoms with E-state index in [1.165, 1.54) is 11.6 Å². The summed E-state index contributed by atoms with van der Waals surface area (Å²) in [7, 11) is 0. The standard InChI is InChI=1S/C16H15FN2S/c1-11-6-7-15-14(8-11)18-16(10-20)19(15)9-12-4-2-3-5-13(12)17/h2-8,20H,9-10H2,1H3. The second kappa shape index (κ2) is 5.29. The van der Waals surface area contributed by atoms with Crippen LogP contribution in [0.4, 0.5) is 4.39 Å². The molecular formula is C16H15FN2S. The maximum absolute atomic E-state index is 13.8. The van der Waals surface area contributed by atoms with E-state index in [2.05, 4.69) is 17.6 Å². The Morgan fingerprint density at radius 3 is 2.75 bits per heavy atom. The Kier molecular flexibility index (Phi) is 3.49. The topological polar surface area (TPSA) is 17.8 Å². The van der Waals surface area contributed by atoms with Crippen LogP contribution in [-0.2, 0) is 12.3 Å². The van der Waals surface area contributed by atoms with E-state index >= 15 is 0 Å². The van der Waals surface area contributed by atoms with Crippen molar-refractivity contribution in [3.05, 3.63) is 65.2 Å². The maximum atomic E-state index is 13.8. The molecule has 0 atom stereocenters. The zero-order valence-electron chi connectivity index (χ0n) is 11.2. The molecule has 0 fully saturated rings. The first kappa shape index (κ1) is 13.2. The van der Waals surface area contributed by atoms with Crippen LogP contribution in [0.1, 0.15) is 17.0 Å². The minimum Gasteiger partial charge on any atom is -0.323 e. The minimum absolute atomic E-state index is 0.188. The van der Waals surface area contributed by atoms with E-state index in [1.54, 1.807) is 12.1 Å². The van der Waals surface area contributed by atoms with Gasteiger partial charge in [0.25, 0.3) is 0 Å². The Morgan fingerprint density at radius 1 is 1.20 bits per heavy atom. The Hall–Kier alpha value is -1.81. The molecule has 0 aliphatic carbocycles. The number of hydrogen-bond donors (Lipinski definition) is 1. The number of aromatic nitrogens is 2. The minimum atomic E-state index is -0.188. The van der Waals surface area contributed by atoms with E-state index in [-0.39, 0.29) is 5.82 Å². The molecule has 4 heteroatoms. The van der Waals surface area contributed by atoms with Crippen LogP contribution in [0.5, 0.6) is 0 Å². The Balaban J connectivity index is 2.12. The molecule has 3 aromatic rings. The van der Waals surface area contributed by atoms with Gasteiger partial charge in [-0.25, -0.2) is 9.37 Å². The van der Waals surface area contributed by atoms with Crippen LogP contribution in [0.25, 0.3) is 11.0 Å². The lowest BCUT2D eigenvalue weighted by Gasteiger charge is -2.09. The van der Waals surface area contributed by atoms with Gasteiger partial charge in [-0.1, -0.05) is 24.3 Å². The number of aryl methyl sites for hydroxylation is 1. The van der Waals surface area contributed by atoms with Crippen molar-refractivity contribution < 1.29 is 4.39 Å². The second-order valence-corrected chi connectivity index (χ2v) is 5.17. The van der Waals surface area contributed by atoms with Gasteiger partial charge >= 0.3 is 0 Å². The van der Waals surface area contributed by atoms with E-state index in [0.29, 0.717) is 17.9 Å². The van der Waals surface area contributed by atoms with Gasteiger partial charge in [0.2, 0.25) is 0 Å². The number of thiol groups is 1. The lowest BCUT2D eigenvalue weighted by Crippen LogP contribution is -2.05. The van der Waals surface area contributed by atoms with Crippen molar-refractivity contribution in [1.82, 2.24) is 9.55 Å². The summed E-state index contributed by atoms with van der Waals surface area (Å²) < 4.78 is 15.9. The van der Waals surface area contributed by atoms with Crippen molar-refractivity contribution in [3.8, 4) is 0 Å². The fraction of sp³-hybridized carbons (Fsp3) is 0.188. The summed E-state index contributed by atoms with van der Waals surface area (Å²) >= 11 is 4.33. The lowest BCUT2D eigenvalue weighted by molar-refractivity contribution is 0.599. The summed E-state index contributed by atoms with van der Waals surface area (Å²) in [5, 5.41) is 0. The van der Waals surface area contributed by atoms with Crippen molar-refractivity contribution in [2.45, 2.75) is 19.2 Å². The van der Waals surface area contributed by atoms with E-state index < -0.39 is 0 Å². The molecule has 20 heavy (non-hydrogen) atoms. The van der Waals surface area contributed by atoms with E-state index in [0.717, 1.165) is 16.9 Å². The molecule has 0 bridgehead atoms. The monoisotopic (exact) mass is 286 g/mol. The maximum Gasteiger partial charge on any atom is 0.128 e. The van der Waals surface area contributed by atoms with Gasteiger partial charge in [0.15, 0.2) is 0 Å². The largest absolute Gasteiger partial charge is 0.323 e. The van der Waals surface area contributed by atoms with E-state index in [4.69, 9.17) is 0 Å². The Labute approximate surface area is 122 Å². The molecule has 1 heterocycles. The first-order valence-corrected chi connectivity index (χ1v) is 7.12. The fourth-order valence-corrected chi connectivity index (χ4v) is 2.63. The first-order valence-electron chi connectivity index (χ1n) is 6.49. The number of benzene rings is 2. The first-order chi connectivity index (χ1) is 9.69. The average molecular weight is 286 g/mol. The normalized spacial score (nSPS) is 11.2. The van der Waals surface area contributed by atoms with Crippen LogP contribution in [0.3, 0.4) is 0 Å². The van der Waals surface area contributed by atoms with Crippen molar-refractivity contribution >= 4 is 23.7 Å². The Bertz CT molecular complexity index is 764. The zero-order valence-corrected chi connectivity index (χ0v) is 12.1. The smallest absolute Gasteiger partial charge is 0.128 e. The van der Waals surface area contributed by atoms with Gasteiger partial charge in [0.05, 0.1) is 17.6 Å². The molecule has 1 aromatic heterocycles. The van der Waals surface area contributed by atoms with Gasteiger partial charge in [0.1, 0.15) is 11.6 Å². The van der Waals surface area contributed by atoms with Gasteiger partial charge in [0, 0.05) is 11.3 Å². The van der Waals surface area contributed by atoms with Crippen LogP contribution in [0.15, 0.2) is 42.5 Å². The predicted molar refractivity (Wildman–Crippen MR) is 82.7 cm³/mol. The molecule has 0 N–H and O–H groups in total. The molecule has 2 nitrogen and oxygen atoms in total. The molecule has 0 amide bonds. The Morgan fingerprint density at radius 2 is 2.00 bits per heavy atom. The lowest BCUT2D eigenvalue weighted by atomic mass is 10.2. The fourth-order valence-electron chi connectivity index (χ4n) is 2.38. The summed E-state index contributed by atoms with van der Waals surface area (Å²) in [5.41, 5.74) is 3.78. The van der Waals surface area contributed by atoms with E-state index in [1.807, 2.05) is 35.8 Å². The molecule has 0 aliphatic rings. The molecule has 102 valence electrons. The van der Waals surface area contributed by atoms with Crippen LogP contribution in [-0.4, -0.2) is 9.55 Å². The van der Waals surface area contributed by atoms with Crippen LogP contribution in [0.2, 0.25) is 0 Å². The van der Waals surface area contributed by atoms with Gasteiger partial charge < -0.3 is 4.57 Å². The molecule has 0 saturated carbocycles. The SMILES string of the molecule is Cc1ccc2c(c1)nc(CS)n2Cc1ccccc1F. The quantitative estimate of drug-likeness (QED) is 0.721. The average Bonchev–Trinajstić information content (AvgIpc) is 2.78. The van der Waals surface area contributed by atoms with Crippen molar-refractivity contribution in [3.63, 3.8) is 0 Å². The number of hydrogen-bond acceptors (Lipinski definition) is 2. The van der Waals surface area contributed by atoms with Crippen LogP contribution >= 0.6 is 12.6 Å². The third-order valence-electron chi connectivity index (χ3n) is 3.41. The van der Waals surface area contributed by atoms with Gasteiger partial charge in [-0.2, -0.15) is 12.6 Å². The van der Waals surface area contributed by atoms with Crippen LogP contribution < -0.4 is 0 Å². The summed E-state index contributed by atoms with van der Waals surface area (Å²) in [6.07, 6.45) is 0. The number of fused-ring (bicyclic) bond motifs is 1. The molecule has 0 spiro atoms. The number of halogens is 1. The molecule has 0 radical (unpaired) electrons. The number of imidazole rings is 1. The summed E-state index contributed by atoms with van der Waals surface area (Å²) in [4.78, 5) is 4.58. The zero-order chi connectivity index (χ0) is 14.1. The highest BCUT2D eigenvalue weighted by Gasteiger charge is 2.11. The van der Waals surface area contributed by atoms with Gasteiger partial charge in [-0.3, -0.25) is 0 Å². The third-order valence-corrected chi connectivity index (χ3v) is 3.69. The van der Waals surface area contributed by atoms with Gasteiger partial charge in [-0.15, -0.1) is 0 Å². The molecule has 0 aliphatic heterocycles.